The third-order valence-corrected chi connectivity index (χ3v) is 5.84. The predicted octanol–water partition coefficient (Wildman–Crippen LogP) is 3.82. The summed E-state index contributed by atoms with van der Waals surface area (Å²) >= 11 is 0. The van der Waals surface area contributed by atoms with E-state index in [1.807, 2.05) is 49.4 Å². The average Bonchev–Trinajstić information content (AvgIpc) is 3.22. The molecule has 1 aliphatic heterocycles. The number of nitrogens with one attached hydrogen (secondary N) is 2. The molecule has 0 bridgehead atoms. The maximum Gasteiger partial charge on any atom is 0.319 e. The van der Waals surface area contributed by atoms with Gasteiger partial charge in [0, 0.05) is 30.7 Å². The van der Waals surface area contributed by atoms with E-state index in [4.69, 9.17) is 0 Å². The van der Waals surface area contributed by atoms with Gasteiger partial charge in [-0.1, -0.05) is 42.5 Å². The molecule has 0 radical (unpaired) electrons. The summed E-state index contributed by atoms with van der Waals surface area (Å²) in [7, 11) is 0. The molecule has 0 spiro atoms. The Morgan fingerprint density at radius 1 is 1.17 bits per heavy atom. The zero-order valence-electron chi connectivity index (χ0n) is 17.3. The fourth-order valence-corrected chi connectivity index (χ4v) is 4.15. The third-order valence-electron chi connectivity index (χ3n) is 5.84. The molecule has 30 heavy (non-hydrogen) atoms. The number of aliphatic hydroxyl groups is 1. The maximum atomic E-state index is 12.6. The van der Waals surface area contributed by atoms with Gasteiger partial charge in [0.05, 0.1) is 17.8 Å². The molecule has 1 saturated heterocycles. The normalized spacial score (nSPS) is 16.7. The van der Waals surface area contributed by atoms with Gasteiger partial charge in [0.1, 0.15) is 0 Å². The zero-order chi connectivity index (χ0) is 20.9. The molecular weight excluding hydrogens is 376 g/mol. The van der Waals surface area contributed by atoms with E-state index < -0.39 is 0 Å². The minimum absolute atomic E-state index is 0.196. The predicted molar refractivity (Wildman–Crippen MR) is 119 cm³/mol. The number of amides is 2. The number of hydrogen-bond donors (Lipinski definition) is 3. The van der Waals surface area contributed by atoms with E-state index in [1.54, 1.807) is 6.20 Å². The van der Waals surface area contributed by atoms with Crippen molar-refractivity contribution in [2.75, 3.05) is 18.5 Å². The number of urea groups is 1. The fourth-order valence-electron chi connectivity index (χ4n) is 4.15. The highest BCUT2D eigenvalue weighted by atomic mass is 16.3. The van der Waals surface area contributed by atoms with Crippen molar-refractivity contribution in [1.29, 1.82) is 0 Å². The van der Waals surface area contributed by atoms with Crippen LogP contribution < -0.4 is 10.6 Å². The molecule has 3 aromatic rings. The van der Waals surface area contributed by atoms with E-state index in [9.17, 15) is 9.90 Å². The van der Waals surface area contributed by atoms with Crippen LogP contribution >= 0.6 is 0 Å². The Bertz CT molecular complexity index is 1040. The van der Waals surface area contributed by atoms with Crippen LogP contribution in [0, 0.1) is 6.92 Å². The lowest BCUT2D eigenvalue weighted by Gasteiger charge is -2.24. The molecule has 6 nitrogen and oxygen atoms in total. The monoisotopic (exact) mass is 404 g/mol. The molecule has 1 atom stereocenters. The summed E-state index contributed by atoms with van der Waals surface area (Å²) in [6, 6.07) is 15.9. The van der Waals surface area contributed by atoms with Crippen molar-refractivity contribution in [2.45, 2.75) is 38.9 Å². The first-order valence-electron chi connectivity index (χ1n) is 10.5. The number of likely N-dealkylation sites (tertiary alicyclic amines) is 1. The van der Waals surface area contributed by atoms with E-state index in [0.717, 1.165) is 53.6 Å². The van der Waals surface area contributed by atoms with E-state index in [2.05, 4.69) is 26.6 Å². The molecule has 1 fully saturated rings. The Balaban J connectivity index is 1.43. The van der Waals surface area contributed by atoms with Crippen molar-refractivity contribution in [3.63, 3.8) is 0 Å². The Morgan fingerprint density at radius 3 is 2.77 bits per heavy atom. The van der Waals surface area contributed by atoms with Crippen molar-refractivity contribution in [2.24, 2.45) is 0 Å². The van der Waals surface area contributed by atoms with Crippen molar-refractivity contribution in [1.82, 2.24) is 15.2 Å². The Hall–Kier alpha value is -2.96. The number of fused-ring (bicyclic) bond motifs is 1. The molecule has 3 N–H and O–H groups in total. The van der Waals surface area contributed by atoms with Crippen LogP contribution in [0.1, 0.15) is 29.5 Å². The largest absolute Gasteiger partial charge is 0.395 e. The van der Waals surface area contributed by atoms with Crippen LogP contribution in [0.4, 0.5) is 10.5 Å². The van der Waals surface area contributed by atoms with Crippen LogP contribution in [0.3, 0.4) is 0 Å². The number of nitrogens with zero attached hydrogens (tertiary/aromatic N) is 2. The molecule has 2 heterocycles. The number of rotatable bonds is 6. The first-order chi connectivity index (χ1) is 14.7. The zero-order valence-corrected chi connectivity index (χ0v) is 17.3. The standard InChI is InChI=1S/C24H28N4O2/c1-17-13-25-22-11-5-4-10-21(22)23(17)27-24(30)26-14-18-7-2-3-8-19(18)15-28-12-6-9-20(28)16-29/h2-5,7-8,10-11,13,20,29H,6,9,12,14-16H2,1H3,(H2,25,26,27,30)/t20-/m0/s1. The van der Waals surface area contributed by atoms with Gasteiger partial charge in [0.15, 0.2) is 0 Å². The van der Waals surface area contributed by atoms with Crippen LogP contribution in [0.25, 0.3) is 10.9 Å². The summed E-state index contributed by atoms with van der Waals surface area (Å²) in [6.45, 7) is 4.38. The van der Waals surface area contributed by atoms with Crippen LogP contribution in [0.2, 0.25) is 0 Å². The molecular formula is C24H28N4O2. The van der Waals surface area contributed by atoms with Crippen molar-refractivity contribution >= 4 is 22.6 Å². The van der Waals surface area contributed by atoms with Crippen molar-refractivity contribution < 1.29 is 9.90 Å². The number of carbonyl (C=O) groups is 1. The van der Waals surface area contributed by atoms with Crippen LogP contribution in [-0.2, 0) is 13.1 Å². The molecule has 0 unspecified atom stereocenters. The Kier molecular flexibility index (Phi) is 6.26. The molecule has 2 amide bonds. The molecule has 6 heteroatoms. The lowest BCUT2D eigenvalue weighted by atomic mass is 10.1. The first-order valence-corrected chi connectivity index (χ1v) is 10.5. The van der Waals surface area contributed by atoms with Crippen molar-refractivity contribution in [3.05, 3.63) is 71.4 Å². The number of carbonyl (C=O) groups excluding carboxylic acids is 1. The van der Waals surface area contributed by atoms with Gasteiger partial charge in [0.2, 0.25) is 0 Å². The SMILES string of the molecule is Cc1cnc2ccccc2c1NC(=O)NCc1ccccc1CN1CCC[C@H]1CO. The lowest BCUT2D eigenvalue weighted by Crippen LogP contribution is -2.33. The molecule has 1 aliphatic rings. The van der Waals surface area contributed by atoms with Crippen LogP contribution in [0.5, 0.6) is 0 Å². The quantitative estimate of drug-likeness (QED) is 0.584. The number of aromatic nitrogens is 1. The van der Waals surface area contributed by atoms with Gasteiger partial charge in [-0.25, -0.2) is 4.79 Å². The van der Waals surface area contributed by atoms with Gasteiger partial charge in [-0.05, 0) is 49.1 Å². The van der Waals surface area contributed by atoms with Crippen LogP contribution in [-0.4, -0.2) is 40.2 Å². The molecule has 0 aliphatic carbocycles. The summed E-state index contributed by atoms with van der Waals surface area (Å²) < 4.78 is 0. The van der Waals surface area contributed by atoms with E-state index >= 15 is 0 Å². The second kappa shape index (κ2) is 9.24. The van der Waals surface area contributed by atoms with E-state index in [1.165, 1.54) is 5.56 Å². The van der Waals surface area contributed by atoms with Crippen molar-refractivity contribution in [3.8, 4) is 0 Å². The van der Waals surface area contributed by atoms with Gasteiger partial charge in [-0.3, -0.25) is 9.88 Å². The van der Waals surface area contributed by atoms with Gasteiger partial charge in [-0.15, -0.1) is 0 Å². The minimum Gasteiger partial charge on any atom is -0.395 e. The number of para-hydroxylation sites is 1. The summed E-state index contributed by atoms with van der Waals surface area (Å²) in [6.07, 6.45) is 3.94. The van der Waals surface area contributed by atoms with Gasteiger partial charge in [0.25, 0.3) is 0 Å². The number of anilines is 1. The molecule has 0 saturated carbocycles. The van der Waals surface area contributed by atoms with Gasteiger partial charge < -0.3 is 15.7 Å². The number of benzene rings is 2. The highest BCUT2D eigenvalue weighted by molar-refractivity contribution is 6.01. The lowest BCUT2D eigenvalue weighted by molar-refractivity contribution is 0.153. The highest BCUT2D eigenvalue weighted by Gasteiger charge is 2.24. The third kappa shape index (κ3) is 4.45. The Labute approximate surface area is 176 Å². The first kappa shape index (κ1) is 20.3. The summed E-state index contributed by atoms with van der Waals surface area (Å²) in [5.41, 5.74) is 4.84. The van der Waals surface area contributed by atoms with Gasteiger partial charge >= 0.3 is 6.03 Å². The molecule has 1 aromatic heterocycles. The minimum atomic E-state index is -0.237. The summed E-state index contributed by atoms with van der Waals surface area (Å²) in [5, 5.41) is 16.5. The van der Waals surface area contributed by atoms with Gasteiger partial charge in [-0.2, -0.15) is 0 Å². The van der Waals surface area contributed by atoms with Crippen LogP contribution in [0.15, 0.2) is 54.7 Å². The second-order valence-electron chi connectivity index (χ2n) is 7.86. The molecule has 156 valence electrons. The average molecular weight is 405 g/mol. The number of pyridine rings is 1. The number of aliphatic hydroxyl groups excluding tert-OH is 1. The highest BCUT2D eigenvalue weighted by Crippen LogP contribution is 2.25. The summed E-state index contributed by atoms with van der Waals surface area (Å²) in [4.78, 5) is 19.4. The smallest absolute Gasteiger partial charge is 0.319 e. The second-order valence-corrected chi connectivity index (χ2v) is 7.86. The fraction of sp³-hybridized carbons (Fsp3) is 0.333. The van der Waals surface area contributed by atoms with E-state index in [-0.39, 0.29) is 18.7 Å². The Morgan fingerprint density at radius 2 is 1.93 bits per heavy atom. The molecule has 2 aromatic carbocycles. The summed E-state index contributed by atoms with van der Waals surface area (Å²) in [5.74, 6) is 0. The molecule has 4 rings (SSSR count). The van der Waals surface area contributed by atoms with E-state index in [0.29, 0.717) is 6.54 Å². The number of hydrogen-bond acceptors (Lipinski definition) is 4. The topological polar surface area (TPSA) is 77.5 Å². The number of aryl methyl sites for hydroxylation is 1. The maximum absolute atomic E-state index is 12.6.